The van der Waals surface area contributed by atoms with Gasteiger partial charge < -0.3 is 11.5 Å². The first-order valence-electron chi connectivity index (χ1n) is 5.67. The molecular formula is C13H13N3O3S. The molecule has 5 N–H and O–H groups in total. The lowest BCUT2D eigenvalue weighted by Crippen LogP contribution is -2.15. The second kappa shape index (κ2) is 5.22. The summed E-state index contributed by atoms with van der Waals surface area (Å²) in [6, 6.07) is 11.9. The fourth-order valence-corrected chi connectivity index (χ4v) is 2.83. The summed E-state index contributed by atoms with van der Waals surface area (Å²) in [5.41, 5.74) is 11.5. The van der Waals surface area contributed by atoms with Crippen molar-refractivity contribution >= 4 is 27.3 Å². The average Bonchev–Trinajstić information content (AvgIpc) is 2.39. The molecule has 0 aliphatic heterocycles. The minimum atomic E-state index is -3.77. The van der Waals surface area contributed by atoms with Gasteiger partial charge in [0.05, 0.1) is 5.69 Å². The number of primary amides is 1. The number of anilines is 2. The molecule has 0 radical (unpaired) electrons. The maximum Gasteiger partial charge on any atom is 0.263 e. The first kappa shape index (κ1) is 13.9. The predicted octanol–water partition coefficient (Wildman–Crippen LogP) is 1.17. The Morgan fingerprint density at radius 3 is 2.15 bits per heavy atom. The molecule has 0 saturated heterocycles. The zero-order valence-corrected chi connectivity index (χ0v) is 11.2. The molecule has 0 aliphatic carbocycles. The Labute approximate surface area is 116 Å². The lowest BCUT2D eigenvalue weighted by Gasteiger charge is -2.10. The molecule has 0 heterocycles. The number of carbonyl (C=O) groups is 1. The van der Waals surface area contributed by atoms with Crippen LogP contribution >= 0.6 is 0 Å². The highest BCUT2D eigenvalue weighted by Crippen LogP contribution is 2.21. The topological polar surface area (TPSA) is 115 Å². The standard InChI is InChI=1S/C13H13N3O3S/c14-11-3-1-2-4-12(11)20(18,19)16-10-7-5-9(6-8-10)13(15)17/h1-8,16H,14H2,(H2,15,17). The summed E-state index contributed by atoms with van der Waals surface area (Å²) in [4.78, 5) is 10.9. The molecule has 0 bridgehead atoms. The van der Waals surface area contributed by atoms with Gasteiger partial charge in [-0.05, 0) is 36.4 Å². The first-order chi connectivity index (χ1) is 9.40. The van der Waals surface area contributed by atoms with Crippen molar-refractivity contribution in [3.05, 3.63) is 54.1 Å². The van der Waals surface area contributed by atoms with E-state index in [1.165, 1.54) is 36.4 Å². The molecule has 7 heteroatoms. The maximum absolute atomic E-state index is 12.2. The molecule has 0 unspecified atom stereocenters. The van der Waals surface area contributed by atoms with Gasteiger partial charge in [-0.25, -0.2) is 8.42 Å². The maximum atomic E-state index is 12.2. The molecule has 6 nitrogen and oxygen atoms in total. The number of carbonyl (C=O) groups excluding carboxylic acids is 1. The lowest BCUT2D eigenvalue weighted by atomic mass is 10.2. The van der Waals surface area contributed by atoms with Crippen LogP contribution in [0, 0.1) is 0 Å². The van der Waals surface area contributed by atoms with Crippen LogP contribution in [0.5, 0.6) is 0 Å². The van der Waals surface area contributed by atoms with E-state index in [0.29, 0.717) is 11.3 Å². The second-order valence-electron chi connectivity index (χ2n) is 4.08. The van der Waals surface area contributed by atoms with Crippen molar-refractivity contribution in [2.75, 3.05) is 10.5 Å². The van der Waals surface area contributed by atoms with Gasteiger partial charge in [0, 0.05) is 11.3 Å². The summed E-state index contributed by atoms with van der Waals surface area (Å²) < 4.78 is 26.7. The zero-order valence-electron chi connectivity index (χ0n) is 10.4. The van der Waals surface area contributed by atoms with E-state index in [2.05, 4.69) is 4.72 Å². The molecule has 0 aromatic heterocycles. The molecule has 0 fully saturated rings. The number of rotatable bonds is 4. The number of nitrogens with one attached hydrogen (secondary N) is 1. The van der Waals surface area contributed by atoms with Gasteiger partial charge in [0.15, 0.2) is 0 Å². The molecule has 2 aromatic rings. The number of hydrogen-bond donors (Lipinski definition) is 3. The summed E-state index contributed by atoms with van der Waals surface area (Å²) >= 11 is 0. The van der Waals surface area contributed by atoms with Gasteiger partial charge in [0.1, 0.15) is 4.90 Å². The van der Waals surface area contributed by atoms with Crippen LogP contribution in [0.3, 0.4) is 0 Å². The molecular weight excluding hydrogens is 278 g/mol. The number of nitrogen functional groups attached to an aromatic ring is 1. The summed E-state index contributed by atoms with van der Waals surface area (Å²) in [5.74, 6) is -0.577. The fourth-order valence-electron chi connectivity index (χ4n) is 1.64. The van der Waals surface area contributed by atoms with Crippen molar-refractivity contribution in [2.24, 2.45) is 5.73 Å². The van der Waals surface area contributed by atoms with Crippen molar-refractivity contribution in [3.8, 4) is 0 Å². The van der Waals surface area contributed by atoms with Crippen molar-refractivity contribution in [1.29, 1.82) is 0 Å². The number of amides is 1. The van der Waals surface area contributed by atoms with E-state index in [-0.39, 0.29) is 10.6 Å². The minimum Gasteiger partial charge on any atom is -0.398 e. The van der Waals surface area contributed by atoms with Crippen LogP contribution in [-0.2, 0) is 10.0 Å². The molecule has 2 aromatic carbocycles. The van der Waals surface area contributed by atoms with Gasteiger partial charge in [-0.1, -0.05) is 12.1 Å². The number of para-hydroxylation sites is 1. The summed E-state index contributed by atoms with van der Waals surface area (Å²) in [7, 11) is -3.77. The van der Waals surface area contributed by atoms with E-state index in [1.807, 2.05) is 0 Å². The van der Waals surface area contributed by atoms with Gasteiger partial charge in [0.25, 0.3) is 10.0 Å². The van der Waals surface area contributed by atoms with E-state index in [1.54, 1.807) is 12.1 Å². The van der Waals surface area contributed by atoms with E-state index in [9.17, 15) is 13.2 Å². The SMILES string of the molecule is NC(=O)c1ccc(NS(=O)(=O)c2ccccc2N)cc1. The smallest absolute Gasteiger partial charge is 0.263 e. The number of sulfonamides is 1. The molecule has 1 amide bonds. The van der Waals surface area contributed by atoms with Crippen molar-refractivity contribution in [2.45, 2.75) is 4.90 Å². The monoisotopic (exact) mass is 291 g/mol. The van der Waals surface area contributed by atoms with E-state index in [4.69, 9.17) is 11.5 Å². The van der Waals surface area contributed by atoms with E-state index < -0.39 is 15.9 Å². The Kier molecular flexibility index (Phi) is 3.62. The Morgan fingerprint density at radius 2 is 1.60 bits per heavy atom. The molecule has 2 rings (SSSR count). The van der Waals surface area contributed by atoms with Crippen LogP contribution in [0.25, 0.3) is 0 Å². The Morgan fingerprint density at radius 1 is 1.00 bits per heavy atom. The van der Waals surface area contributed by atoms with Crippen molar-refractivity contribution < 1.29 is 13.2 Å². The summed E-state index contributed by atoms with van der Waals surface area (Å²) in [5, 5.41) is 0. The largest absolute Gasteiger partial charge is 0.398 e. The first-order valence-corrected chi connectivity index (χ1v) is 7.15. The third kappa shape index (κ3) is 2.89. The predicted molar refractivity (Wildman–Crippen MR) is 76.6 cm³/mol. The third-order valence-corrected chi connectivity index (χ3v) is 4.09. The van der Waals surface area contributed by atoms with Gasteiger partial charge in [0.2, 0.25) is 5.91 Å². The normalized spacial score (nSPS) is 11.0. The molecule has 20 heavy (non-hydrogen) atoms. The molecule has 0 saturated carbocycles. The number of hydrogen-bond acceptors (Lipinski definition) is 4. The Balaban J connectivity index is 2.29. The lowest BCUT2D eigenvalue weighted by molar-refractivity contribution is 0.100. The molecule has 104 valence electrons. The van der Waals surface area contributed by atoms with Crippen LogP contribution in [0.2, 0.25) is 0 Å². The van der Waals surface area contributed by atoms with Crippen molar-refractivity contribution in [3.63, 3.8) is 0 Å². The van der Waals surface area contributed by atoms with Crippen LogP contribution in [-0.4, -0.2) is 14.3 Å². The van der Waals surface area contributed by atoms with Crippen LogP contribution in [0.4, 0.5) is 11.4 Å². The minimum absolute atomic E-state index is 0.000947. The molecule has 0 aliphatic rings. The van der Waals surface area contributed by atoms with E-state index in [0.717, 1.165) is 0 Å². The summed E-state index contributed by atoms with van der Waals surface area (Å²) in [6.45, 7) is 0. The van der Waals surface area contributed by atoms with Crippen LogP contribution < -0.4 is 16.2 Å². The Bertz CT molecular complexity index is 740. The quantitative estimate of drug-likeness (QED) is 0.733. The van der Waals surface area contributed by atoms with Crippen LogP contribution in [0.15, 0.2) is 53.4 Å². The van der Waals surface area contributed by atoms with Gasteiger partial charge >= 0.3 is 0 Å². The van der Waals surface area contributed by atoms with E-state index >= 15 is 0 Å². The molecule has 0 spiro atoms. The molecule has 0 atom stereocenters. The van der Waals surface area contributed by atoms with Crippen molar-refractivity contribution in [1.82, 2.24) is 0 Å². The zero-order chi connectivity index (χ0) is 14.8. The Hall–Kier alpha value is -2.54. The van der Waals surface area contributed by atoms with Gasteiger partial charge in [-0.3, -0.25) is 9.52 Å². The summed E-state index contributed by atoms with van der Waals surface area (Å²) in [6.07, 6.45) is 0. The highest BCUT2D eigenvalue weighted by Gasteiger charge is 2.16. The second-order valence-corrected chi connectivity index (χ2v) is 5.74. The average molecular weight is 291 g/mol. The van der Waals surface area contributed by atoms with Crippen LogP contribution in [0.1, 0.15) is 10.4 Å². The third-order valence-electron chi connectivity index (χ3n) is 2.63. The fraction of sp³-hybridized carbons (Fsp3) is 0. The highest BCUT2D eigenvalue weighted by molar-refractivity contribution is 7.92. The highest BCUT2D eigenvalue weighted by atomic mass is 32.2. The van der Waals surface area contributed by atoms with Gasteiger partial charge in [-0.15, -0.1) is 0 Å². The number of benzene rings is 2. The number of nitrogens with two attached hydrogens (primary N) is 2. The van der Waals surface area contributed by atoms with Gasteiger partial charge in [-0.2, -0.15) is 0 Å².